The molecular weight excluding hydrogens is 272 g/mol. The van der Waals surface area contributed by atoms with Crippen molar-refractivity contribution in [2.75, 3.05) is 13.1 Å². The topological polar surface area (TPSA) is 72.5 Å². The van der Waals surface area contributed by atoms with Crippen LogP contribution in [0.25, 0.3) is 0 Å². The molecule has 2 N–H and O–H groups in total. The van der Waals surface area contributed by atoms with Gasteiger partial charge < -0.3 is 5.73 Å². The molecule has 20 heavy (non-hydrogen) atoms. The Hall–Kier alpha value is -1.46. The molecule has 1 aromatic rings. The third kappa shape index (κ3) is 2.21. The Kier molecular flexibility index (Phi) is 3.48. The van der Waals surface area contributed by atoms with Gasteiger partial charge in [0, 0.05) is 6.21 Å². The van der Waals surface area contributed by atoms with Gasteiger partial charge in [-0.3, -0.25) is 4.99 Å². The maximum atomic E-state index is 12.5. The highest BCUT2D eigenvalue weighted by molar-refractivity contribution is 7.96. The van der Waals surface area contributed by atoms with Gasteiger partial charge in [0.25, 0.3) is 0 Å². The second-order valence-electron chi connectivity index (χ2n) is 5.29. The molecule has 0 saturated carbocycles. The van der Waals surface area contributed by atoms with Gasteiger partial charge in [-0.15, -0.1) is 0 Å². The van der Waals surface area contributed by atoms with Crippen molar-refractivity contribution < 1.29 is 8.42 Å². The molecule has 0 radical (unpaired) electrons. The van der Waals surface area contributed by atoms with Gasteiger partial charge in [-0.05, 0) is 61.1 Å². The highest BCUT2D eigenvalue weighted by atomic mass is 32.2. The Morgan fingerprint density at radius 2 is 2.20 bits per heavy atom. The zero-order valence-corrected chi connectivity index (χ0v) is 12.1. The van der Waals surface area contributed by atoms with Gasteiger partial charge in [-0.1, -0.05) is 6.07 Å². The van der Waals surface area contributed by atoms with Crippen LogP contribution in [0.2, 0.25) is 0 Å². The fourth-order valence-corrected chi connectivity index (χ4v) is 4.28. The van der Waals surface area contributed by atoms with Crippen LogP contribution in [-0.2, 0) is 16.3 Å². The fraction of sp³-hybridized carbons (Fsp3) is 0.400. The van der Waals surface area contributed by atoms with Crippen molar-refractivity contribution in [3.8, 4) is 0 Å². The third-order valence-corrected chi connectivity index (χ3v) is 5.84. The van der Waals surface area contributed by atoms with Crippen LogP contribution in [0.1, 0.15) is 29.9 Å². The van der Waals surface area contributed by atoms with Gasteiger partial charge in [0.15, 0.2) is 0 Å². The number of rotatable bonds is 3. The first kappa shape index (κ1) is 13.5. The van der Waals surface area contributed by atoms with Crippen LogP contribution in [-0.4, -0.2) is 27.7 Å². The van der Waals surface area contributed by atoms with Crippen LogP contribution >= 0.6 is 0 Å². The molecule has 1 aromatic carbocycles. The maximum absolute atomic E-state index is 12.5. The van der Waals surface area contributed by atoms with Crippen molar-refractivity contribution in [1.82, 2.24) is 0 Å². The number of allylic oxidation sites excluding steroid dienone is 1. The predicted octanol–water partition coefficient (Wildman–Crippen LogP) is 1.81. The summed E-state index contributed by atoms with van der Waals surface area (Å²) in [6.07, 6.45) is 6.19. The smallest absolute Gasteiger partial charge is 0.207 e. The van der Waals surface area contributed by atoms with Crippen molar-refractivity contribution in [3.05, 3.63) is 40.3 Å². The van der Waals surface area contributed by atoms with E-state index in [4.69, 9.17) is 5.73 Å². The predicted molar refractivity (Wildman–Crippen MR) is 79.8 cm³/mol. The van der Waals surface area contributed by atoms with E-state index in [9.17, 15) is 8.42 Å². The number of hydrogen-bond donors (Lipinski definition) is 1. The maximum Gasteiger partial charge on any atom is 0.207 e. The molecular formula is C15H18N2O2S. The molecule has 106 valence electrons. The molecule has 0 unspecified atom stereocenters. The lowest BCUT2D eigenvalue weighted by atomic mass is 9.83. The van der Waals surface area contributed by atoms with E-state index in [1.165, 1.54) is 11.8 Å². The number of hydrogen-bond acceptors (Lipinski definition) is 4. The minimum atomic E-state index is -3.42. The molecule has 4 nitrogen and oxygen atoms in total. The summed E-state index contributed by atoms with van der Waals surface area (Å²) in [6.45, 7) is 1.08. The zero-order chi connectivity index (χ0) is 14.2. The van der Waals surface area contributed by atoms with Crippen molar-refractivity contribution in [3.63, 3.8) is 0 Å². The summed E-state index contributed by atoms with van der Waals surface area (Å²) >= 11 is 0. The van der Waals surface area contributed by atoms with E-state index in [2.05, 4.69) is 4.99 Å². The summed E-state index contributed by atoms with van der Waals surface area (Å²) < 4.78 is 25.0. The van der Waals surface area contributed by atoms with Crippen molar-refractivity contribution >= 4 is 16.1 Å². The van der Waals surface area contributed by atoms with Crippen LogP contribution in [0.4, 0.5) is 0 Å². The highest BCUT2D eigenvalue weighted by Gasteiger charge is 2.24. The number of fused-ring (bicyclic) bond motifs is 1. The number of nitrogens with two attached hydrogens (primary N) is 1. The first-order chi connectivity index (χ1) is 9.63. The Balaban J connectivity index is 2.03. The van der Waals surface area contributed by atoms with Crippen LogP contribution in [0.15, 0.2) is 39.1 Å². The van der Waals surface area contributed by atoms with E-state index >= 15 is 0 Å². The average molecular weight is 290 g/mol. The molecule has 0 spiro atoms. The molecule has 0 aromatic heterocycles. The molecule has 1 heterocycles. The lowest BCUT2D eigenvalue weighted by Gasteiger charge is -2.24. The molecule has 5 heteroatoms. The highest BCUT2D eigenvalue weighted by Crippen LogP contribution is 2.33. The van der Waals surface area contributed by atoms with E-state index in [0.717, 1.165) is 24.8 Å². The summed E-state index contributed by atoms with van der Waals surface area (Å²) in [5.41, 5.74) is 8.14. The normalized spacial score (nSPS) is 21.6. The van der Waals surface area contributed by atoms with Crippen LogP contribution in [0.3, 0.4) is 0 Å². The minimum Gasteiger partial charge on any atom is -0.330 e. The van der Waals surface area contributed by atoms with Crippen molar-refractivity contribution in [2.45, 2.75) is 30.1 Å². The average Bonchev–Trinajstić information content (AvgIpc) is 3.01. The van der Waals surface area contributed by atoms with Crippen LogP contribution in [0, 0.1) is 0 Å². The molecule has 3 rings (SSSR count). The molecule has 0 fully saturated rings. The summed E-state index contributed by atoms with van der Waals surface area (Å²) in [7, 11) is -3.42. The number of aliphatic imine (C=N–C) groups is 1. The molecule has 0 saturated heterocycles. The van der Waals surface area contributed by atoms with Crippen LogP contribution < -0.4 is 5.73 Å². The van der Waals surface area contributed by atoms with E-state index in [-0.39, 0.29) is 0 Å². The van der Waals surface area contributed by atoms with Gasteiger partial charge in [0.1, 0.15) is 0 Å². The van der Waals surface area contributed by atoms with Gasteiger partial charge in [-0.2, -0.15) is 0 Å². The van der Waals surface area contributed by atoms with Gasteiger partial charge in [-0.25, -0.2) is 8.42 Å². The minimum absolute atomic E-state index is 0.309. The van der Waals surface area contributed by atoms with E-state index in [1.807, 2.05) is 12.1 Å². The van der Waals surface area contributed by atoms with Crippen LogP contribution in [0.5, 0.6) is 0 Å². The second-order valence-corrected chi connectivity index (χ2v) is 7.24. The fourth-order valence-electron chi connectivity index (χ4n) is 2.96. The molecule has 2 aliphatic rings. The molecule has 1 aliphatic heterocycles. The molecule has 1 aliphatic carbocycles. The summed E-state index contributed by atoms with van der Waals surface area (Å²) in [4.78, 5) is 4.63. The third-order valence-electron chi connectivity index (χ3n) is 4.07. The Morgan fingerprint density at radius 3 is 2.90 bits per heavy atom. The zero-order valence-electron chi connectivity index (χ0n) is 11.2. The van der Waals surface area contributed by atoms with Gasteiger partial charge in [0.05, 0.1) is 16.3 Å². The quantitative estimate of drug-likeness (QED) is 0.922. The number of sulfone groups is 1. The second kappa shape index (κ2) is 5.14. The van der Waals surface area contributed by atoms with Gasteiger partial charge >= 0.3 is 0 Å². The SMILES string of the molecule is NC[C@@H]1CCCc2cc(S(=O)(=O)C3=CCN=C3)ccc21. The Bertz CT molecular complexity index is 690. The van der Waals surface area contributed by atoms with E-state index < -0.39 is 9.84 Å². The lowest BCUT2D eigenvalue weighted by Crippen LogP contribution is -2.18. The van der Waals surface area contributed by atoms with E-state index in [1.54, 1.807) is 12.1 Å². The molecule has 0 bridgehead atoms. The first-order valence-corrected chi connectivity index (χ1v) is 8.39. The number of nitrogens with zero attached hydrogens (tertiary/aromatic N) is 1. The van der Waals surface area contributed by atoms with Crippen molar-refractivity contribution in [1.29, 1.82) is 0 Å². The summed E-state index contributed by atoms with van der Waals surface area (Å²) in [5.74, 6) is 0.364. The van der Waals surface area contributed by atoms with Gasteiger partial charge in [0.2, 0.25) is 9.84 Å². The van der Waals surface area contributed by atoms with E-state index in [0.29, 0.717) is 28.8 Å². The largest absolute Gasteiger partial charge is 0.330 e. The lowest BCUT2D eigenvalue weighted by molar-refractivity contribution is 0.558. The van der Waals surface area contributed by atoms with Crippen molar-refractivity contribution in [2.24, 2.45) is 10.7 Å². The standard InChI is InChI=1S/C15H18N2O2S/c16-9-12-3-1-2-11-8-13(4-5-15(11)12)20(18,19)14-6-7-17-10-14/h4-6,8,10,12H,1-3,7,9,16H2/t12-/m0/s1. The summed E-state index contributed by atoms with van der Waals surface area (Å²) in [6, 6.07) is 5.46. The monoisotopic (exact) mass is 290 g/mol. The molecule has 1 atom stereocenters. The summed E-state index contributed by atoms with van der Waals surface area (Å²) in [5, 5.41) is 0. The Morgan fingerprint density at radius 1 is 1.35 bits per heavy atom. The first-order valence-electron chi connectivity index (χ1n) is 6.91. The Labute approximate surface area is 119 Å². The molecule has 0 amide bonds. The number of aryl methyl sites for hydroxylation is 1. The number of benzene rings is 1.